The molecule has 1 aliphatic heterocycles. The quantitative estimate of drug-likeness (QED) is 0.887. The summed E-state index contributed by atoms with van der Waals surface area (Å²) in [5, 5.41) is 3.02. The minimum Gasteiger partial charge on any atom is -0.370 e. The van der Waals surface area contributed by atoms with Gasteiger partial charge in [-0.05, 0) is 36.5 Å². The normalized spacial score (nSPS) is 20.7. The van der Waals surface area contributed by atoms with Crippen LogP contribution in [0.3, 0.4) is 0 Å². The van der Waals surface area contributed by atoms with Crippen LogP contribution in [0.5, 0.6) is 0 Å². The molecule has 1 aromatic carbocycles. The van der Waals surface area contributed by atoms with E-state index in [9.17, 15) is 4.79 Å². The van der Waals surface area contributed by atoms with E-state index in [1.165, 1.54) is 42.6 Å². The molecule has 0 unspecified atom stereocenters. The molecule has 1 amide bonds. The van der Waals surface area contributed by atoms with Gasteiger partial charge in [-0.3, -0.25) is 4.79 Å². The third kappa shape index (κ3) is 4.31. The lowest BCUT2D eigenvalue weighted by Gasteiger charge is -2.23. The van der Waals surface area contributed by atoms with Crippen molar-refractivity contribution in [1.29, 1.82) is 0 Å². The third-order valence-corrected chi connectivity index (χ3v) is 4.88. The standard InChI is InChI=1S/C18H26N2O2/c21-18(14-20-10-12-22-13-11-20)19-17-8-6-16(7-9-17)15-4-2-1-3-5-15/h6-9,15H,1-5,10-14H2,(H,19,21)/p+1. The molecule has 2 fully saturated rings. The van der Waals surface area contributed by atoms with Crippen molar-refractivity contribution in [1.82, 2.24) is 0 Å². The highest BCUT2D eigenvalue weighted by Gasteiger charge is 2.18. The van der Waals surface area contributed by atoms with Crippen molar-refractivity contribution in [2.24, 2.45) is 0 Å². The molecular formula is C18H27N2O2+. The fourth-order valence-corrected chi connectivity index (χ4v) is 3.54. The zero-order valence-corrected chi connectivity index (χ0v) is 13.3. The Balaban J connectivity index is 1.50. The highest BCUT2D eigenvalue weighted by molar-refractivity contribution is 5.91. The minimum atomic E-state index is 0.0994. The molecule has 1 saturated carbocycles. The molecule has 3 rings (SSSR count). The number of hydrogen-bond acceptors (Lipinski definition) is 2. The number of rotatable bonds is 4. The van der Waals surface area contributed by atoms with E-state index in [0.717, 1.165) is 37.9 Å². The summed E-state index contributed by atoms with van der Waals surface area (Å²) in [6, 6.07) is 8.48. The highest BCUT2D eigenvalue weighted by atomic mass is 16.5. The maximum Gasteiger partial charge on any atom is 0.279 e. The molecule has 4 nitrogen and oxygen atoms in total. The Morgan fingerprint density at radius 3 is 2.45 bits per heavy atom. The van der Waals surface area contributed by atoms with Gasteiger partial charge >= 0.3 is 0 Å². The fraction of sp³-hybridized carbons (Fsp3) is 0.611. The van der Waals surface area contributed by atoms with Crippen LogP contribution >= 0.6 is 0 Å². The van der Waals surface area contributed by atoms with Gasteiger partial charge in [0.15, 0.2) is 6.54 Å². The Hall–Kier alpha value is -1.39. The summed E-state index contributed by atoms with van der Waals surface area (Å²) in [6.45, 7) is 3.91. The Labute approximate surface area is 132 Å². The molecule has 0 radical (unpaired) electrons. The number of carbonyl (C=O) groups excluding carboxylic acids is 1. The van der Waals surface area contributed by atoms with Crippen LogP contribution < -0.4 is 10.2 Å². The first-order chi connectivity index (χ1) is 10.8. The van der Waals surface area contributed by atoms with Crippen LogP contribution in [-0.2, 0) is 9.53 Å². The first-order valence-corrected chi connectivity index (χ1v) is 8.62. The Kier molecular flexibility index (Phi) is 5.46. The Morgan fingerprint density at radius 2 is 1.77 bits per heavy atom. The average molecular weight is 303 g/mol. The topological polar surface area (TPSA) is 42.8 Å². The van der Waals surface area contributed by atoms with E-state index in [1.54, 1.807) is 0 Å². The van der Waals surface area contributed by atoms with Crippen LogP contribution in [0.25, 0.3) is 0 Å². The van der Waals surface area contributed by atoms with Crippen molar-refractivity contribution in [2.75, 3.05) is 38.2 Å². The highest BCUT2D eigenvalue weighted by Crippen LogP contribution is 2.32. The van der Waals surface area contributed by atoms with Gasteiger partial charge in [-0.1, -0.05) is 31.4 Å². The lowest BCUT2D eigenvalue weighted by molar-refractivity contribution is -0.899. The number of anilines is 1. The zero-order valence-electron chi connectivity index (χ0n) is 13.3. The largest absolute Gasteiger partial charge is 0.370 e. The third-order valence-electron chi connectivity index (χ3n) is 4.88. The van der Waals surface area contributed by atoms with Crippen molar-refractivity contribution in [3.63, 3.8) is 0 Å². The van der Waals surface area contributed by atoms with Crippen molar-refractivity contribution >= 4 is 11.6 Å². The van der Waals surface area contributed by atoms with Crippen LogP contribution in [0.4, 0.5) is 5.69 Å². The lowest BCUT2D eigenvalue weighted by Crippen LogP contribution is -3.15. The van der Waals surface area contributed by atoms with Gasteiger partial charge in [0.25, 0.3) is 5.91 Å². The molecule has 0 atom stereocenters. The Morgan fingerprint density at radius 1 is 1.09 bits per heavy atom. The predicted molar refractivity (Wildman–Crippen MR) is 87.3 cm³/mol. The Bertz CT molecular complexity index is 474. The van der Waals surface area contributed by atoms with Gasteiger partial charge in [0.1, 0.15) is 13.1 Å². The molecule has 0 spiro atoms. The first-order valence-electron chi connectivity index (χ1n) is 8.62. The van der Waals surface area contributed by atoms with Gasteiger partial charge in [0.2, 0.25) is 0 Å². The fourth-order valence-electron chi connectivity index (χ4n) is 3.54. The molecule has 1 saturated heterocycles. The first kappa shape index (κ1) is 15.5. The summed E-state index contributed by atoms with van der Waals surface area (Å²) >= 11 is 0. The van der Waals surface area contributed by atoms with Gasteiger partial charge < -0.3 is 15.0 Å². The monoisotopic (exact) mass is 303 g/mol. The summed E-state index contributed by atoms with van der Waals surface area (Å²) in [5.74, 6) is 0.818. The van der Waals surface area contributed by atoms with Crippen molar-refractivity contribution in [2.45, 2.75) is 38.0 Å². The van der Waals surface area contributed by atoms with Crippen molar-refractivity contribution in [3.05, 3.63) is 29.8 Å². The second-order valence-corrected chi connectivity index (χ2v) is 6.54. The van der Waals surface area contributed by atoms with Crippen molar-refractivity contribution in [3.8, 4) is 0 Å². The molecule has 2 N–H and O–H groups in total. The molecule has 0 aromatic heterocycles. The molecule has 1 heterocycles. The predicted octanol–water partition coefficient (Wildman–Crippen LogP) is 1.59. The molecule has 1 aromatic rings. The van der Waals surface area contributed by atoms with E-state index < -0.39 is 0 Å². The molecule has 4 heteroatoms. The molecule has 0 bridgehead atoms. The lowest BCUT2D eigenvalue weighted by atomic mass is 9.84. The van der Waals surface area contributed by atoms with Gasteiger partial charge in [-0.25, -0.2) is 0 Å². The maximum atomic E-state index is 12.1. The van der Waals surface area contributed by atoms with Crippen LogP contribution in [-0.4, -0.2) is 38.8 Å². The number of amides is 1. The average Bonchev–Trinajstić information content (AvgIpc) is 2.57. The van der Waals surface area contributed by atoms with Crippen LogP contribution in [0, 0.1) is 0 Å². The van der Waals surface area contributed by atoms with Gasteiger partial charge in [-0.15, -0.1) is 0 Å². The molecule has 1 aliphatic carbocycles. The molecule has 2 aliphatic rings. The second-order valence-electron chi connectivity index (χ2n) is 6.54. The van der Waals surface area contributed by atoms with Gasteiger partial charge in [-0.2, -0.15) is 0 Å². The number of ether oxygens (including phenoxy) is 1. The van der Waals surface area contributed by atoms with E-state index in [1.807, 2.05) is 0 Å². The number of hydrogen-bond donors (Lipinski definition) is 2. The number of nitrogens with one attached hydrogen (secondary N) is 2. The summed E-state index contributed by atoms with van der Waals surface area (Å²) in [7, 11) is 0. The van der Waals surface area contributed by atoms with Crippen LogP contribution in [0.2, 0.25) is 0 Å². The van der Waals surface area contributed by atoms with Gasteiger partial charge in [0.05, 0.1) is 13.2 Å². The van der Waals surface area contributed by atoms with Crippen molar-refractivity contribution < 1.29 is 14.4 Å². The second kappa shape index (κ2) is 7.75. The summed E-state index contributed by atoms with van der Waals surface area (Å²) in [6.07, 6.45) is 6.71. The number of carbonyl (C=O) groups is 1. The van der Waals surface area contributed by atoms with Crippen LogP contribution in [0.1, 0.15) is 43.6 Å². The number of morpholine rings is 1. The molecular weight excluding hydrogens is 276 g/mol. The SMILES string of the molecule is O=C(C[NH+]1CCOCC1)Nc1ccc(C2CCCCC2)cc1. The minimum absolute atomic E-state index is 0.0994. The number of benzene rings is 1. The zero-order chi connectivity index (χ0) is 15.2. The molecule has 22 heavy (non-hydrogen) atoms. The van der Waals surface area contributed by atoms with E-state index in [-0.39, 0.29) is 5.91 Å². The van der Waals surface area contributed by atoms with Crippen LogP contribution in [0.15, 0.2) is 24.3 Å². The van der Waals surface area contributed by atoms with E-state index in [2.05, 4.69) is 29.6 Å². The smallest absolute Gasteiger partial charge is 0.279 e. The van der Waals surface area contributed by atoms with Gasteiger partial charge in [0, 0.05) is 5.69 Å². The summed E-state index contributed by atoms with van der Waals surface area (Å²) in [5.41, 5.74) is 2.34. The summed E-state index contributed by atoms with van der Waals surface area (Å²) in [4.78, 5) is 13.4. The van der Waals surface area contributed by atoms with E-state index in [0.29, 0.717) is 6.54 Å². The van der Waals surface area contributed by atoms with E-state index >= 15 is 0 Å². The molecule has 120 valence electrons. The summed E-state index contributed by atoms with van der Waals surface area (Å²) < 4.78 is 5.32. The maximum absolute atomic E-state index is 12.1. The van der Waals surface area contributed by atoms with E-state index in [4.69, 9.17) is 4.74 Å². The number of quaternary nitrogens is 1.